The molecule has 0 amide bonds. The van der Waals surface area contributed by atoms with Crippen molar-refractivity contribution in [1.82, 2.24) is 10.2 Å². The molecule has 1 saturated carbocycles. The quantitative estimate of drug-likeness (QED) is 0.728. The fourth-order valence-electron chi connectivity index (χ4n) is 2.43. The summed E-state index contributed by atoms with van der Waals surface area (Å²) in [4.78, 5) is 2.48. The maximum atomic E-state index is 3.70. The van der Waals surface area contributed by atoms with Crippen LogP contribution in [0.15, 0.2) is 0 Å². The van der Waals surface area contributed by atoms with Gasteiger partial charge in [0.2, 0.25) is 0 Å². The van der Waals surface area contributed by atoms with Crippen molar-refractivity contribution in [1.29, 1.82) is 0 Å². The van der Waals surface area contributed by atoms with Crippen LogP contribution in [0.1, 0.15) is 46.5 Å². The normalized spacial score (nSPS) is 27.2. The molecule has 0 aromatic heterocycles. The predicted octanol–water partition coefficient (Wildman–Crippen LogP) is 2.50. The molecule has 0 atom stereocenters. The molecule has 2 nitrogen and oxygen atoms in total. The molecular formula is C13H28N2. The second-order valence-corrected chi connectivity index (χ2v) is 4.94. The molecule has 90 valence electrons. The number of hydrogen-bond acceptors (Lipinski definition) is 2. The van der Waals surface area contributed by atoms with Crippen LogP contribution in [0.25, 0.3) is 0 Å². The maximum absolute atomic E-state index is 3.70. The first-order chi connectivity index (χ1) is 7.26. The minimum absolute atomic E-state index is 0.803. The van der Waals surface area contributed by atoms with E-state index in [1.165, 1.54) is 51.9 Å². The first-order valence-corrected chi connectivity index (χ1v) is 6.72. The number of nitrogens with one attached hydrogen (secondary N) is 1. The SMILES string of the molecule is CCN(CC)CCNC1CCC(C)CC1. The Bertz CT molecular complexity index is 147. The van der Waals surface area contributed by atoms with E-state index in [-0.39, 0.29) is 0 Å². The molecule has 0 radical (unpaired) electrons. The van der Waals surface area contributed by atoms with Crippen molar-refractivity contribution in [2.75, 3.05) is 26.2 Å². The van der Waals surface area contributed by atoms with Crippen LogP contribution in [0.4, 0.5) is 0 Å². The summed E-state index contributed by atoms with van der Waals surface area (Å²) < 4.78 is 0. The molecule has 1 rings (SSSR count). The molecule has 15 heavy (non-hydrogen) atoms. The molecule has 0 heterocycles. The van der Waals surface area contributed by atoms with Crippen LogP contribution >= 0.6 is 0 Å². The van der Waals surface area contributed by atoms with Crippen molar-refractivity contribution in [2.45, 2.75) is 52.5 Å². The highest BCUT2D eigenvalue weighted by molar-refractivity contribution is 4.75. The average Bonchev–Trinajstić information content (AvgIpc) is 2.27. The minimum Gasteiger partial charge on any atom is -0.313 e. The molecule has 0 spiro atoms. The third kappa shape index (κ3) is 4.98. The zero-order valence-corrected chi connectivity index (χ0v) is 10.8. The van der Waals surface area contributed by atoms with Crippen LogP contribution in [0.2, 0.25) is 0 Å². The highest BCUT2D eigenvalue weighted by atomic mass is 15.1. The summed E-state index contributed by atoms with van der Waals surface area (Å²) >= 11 is 0. The smallest absolute Gasteiger partial charge is 0.0107 e. The van der Waals surface area contributed by atoms with Crippen LogP contribution in [0.3, 0.4) is 0 Å². The van der Waals surface area contributed by atoms with E-state index in [9.17, 15) is 0 Å². The van der Waals surface area contributed by atoms with Gasteiger partial charge < -0.3 is 10.2 Å². The first kappa shape index (κ1) is 13.0. The van der Waals surface area contributed by atoms with Crippen LogP contribution in [-0.2, 0) is 0 Å². The molecule has 1 N–H and O–H groups in total. The third-order valence-corrected chi connectivity index (χ3v) is 3.77. The molecule has 1 aliphatic carbocycles. The lowest BCUT2D eigenvalue weighted by molar-refractivity contribution is 0.269. The van der Waals surface area contributed by atoms with Crippen molar-refractivity contribution >= 4 is 0 Å². The molecule has 0 aliphatic heterocycles. The van der Waals surface area contributed by atoms with E-state index in [0.717, 1.165) is 12.0 Å². The molecule has 1 aliphatic rings. The number of likely N-dealkylation sites (N-methyl/N-ethyl adjacent to an activating group) is 1. The Hall–Kier alpha value is -0.0800. The fraction of sp³-hybridized carbons (Fsp3) is 1.00. The Balaban J connectivity index is 2.04. The van der Waals surface area contributed by atoms with Gasteiger partial charge in [0.25, 0.3) is 0 Å². The van der Waals surface area contributed by atoms with Gasteiger partial charge in [-0.1, -0.05) is 20.8 Å². The standard InChI is InChI=1S/C13H28N2/c1-4-15(5-2)11-10-14-13-8-6-12(3)7-9-13/h12-14H,4-11H2,1-3H3. The number of rotatable bonds is 6. The average molecular weight is 212 g/mol. The Morgan fingerprint density at radius 1 is 1.07 bits per heavy atom. The van der Waals surface area contributed by atoms with E-state index in [2.05, 4.69) is 31.0 Å². The van der Waals surface area contributed by atoms with Gasteiger partial charge in [-0.2, -0.15) is 0 Å². The largest absolute Gasteiger partial charge is 0.313 e. The topological polar surface area (TPSA) is 15.3 Å². The molecule has 0 bridgehead atoms. The zero-order valence-electron chi connectivity index (χ0n) is 10.8. The highest BCUT2D eigenvalue weighted by Gasteiger charge is 2.17. The Kier molecular flexibility index (Phi) is 6.26. The molecular weight excluding hydrogens is 184 g/mol. The van der Waals surface area contributed by atoms with Gasteiger partial charge >= 0.3 is 0 Å². The Labute approximate surface area is 95.4 Å². The zero-order chi connectivity index (χ0) is 11.1. The first-order valence-electron chi connectivity index (χ1n) is 6.72. The van der Waals surface area contributed by atoms with Gasteiger partial charge in [-0.3, -0.25) is 0 Å². The van der Waals surface area contributed by atoms with E-state index >= 15 is 0 Å². The van der Waals surface area contributed by atoms with Gasteiger partial charge in [0, 0.05) is 19.1 Å². The van der Waals surface area contributed by atoms with Crippen LogP contribution < -0.4 is 5.32 Å². The van der Waals surface area contributed by atoms with E-state index in [0.29, 0.717) is 0 Å². The van der Waals surface area contributed by atoms with Gasteiger partial charge in [0.15, 0.2) is 0 Å². The maximum Gasteiger partial charge on any atom is 0.0107 e. The van der Waals surface area contributed by atoms with Gasteiger partial charge in [-0.05, 0) is 44.7 Å². The Morgan fingerprint density at radius 3 is 2.20 bits per heavy atom. The van der Waals surface area contributed by atoms with Crippen molar-refractivity contribution in [3.05, 3.63) is 0 Å². The van der Waals surface area contributed by atoms with Crippen molar-refractivity contribution in [3.63, 3.8) is 0 Å². The lowest BCUT2D eigenvalue weighted by atomic mass is 9.87. The molecule has 0 saturated heterocycles. The van der Waals surface area contributed by atoms with Crippen LogP contribution in [0.5, 0.6) is 0 Å². The second kappa shape index (κ2) is 7.24. The minimum atomic E-state index is 0.803. The van der Waals surface area contributed by atoms with Crippen molar-refractivity contribution < 1.29 is 0 Å². The monoisotopic (exact) mass is 212 g/mol. The summed E-state index contributed by atoms with van der Waals surface area (Å²) in [6, 6.07) is 0.803. The van der Waals surface area contributed by atoms with E-state index in [4.69, 9.17) is 0 Å². The summed E-state index contributed by atoms with van der Waals surface area (Å²) in [5.74, 6) is 0.964. The lowest BCUT2D eigenvalue weighted by Gasteiger charge is -2.28. The second-order valence-electron chi connectivity index (χ2n) is 4.94. The molecule has 1 fully saturated rings. The van der Waals surface area contributed by atoms with Crippen LogP contribution in [-0.4, -0.2) is 37.1 Å². The van der Waals surface area contributed by atoms with Gasteiger partial charge in [-0.25, -0.2) is 0 Å². The van der Waals surface area contributed by atoms with Gasteiger partial charge in [0.1, 0.15) is 0 Å². The van der Waals surface area contributed by atoms with E-state index < -0.39 is 0 Å². The molecule has 0 aromatic rings. The summed E-state index contributed by atoms with van der Waals surface area (Å²) in [5.41, 5.74) is 0. The van der Waals surface area contributed by atoms with E-state index in [1.807, 2.05) is 0 Å². The van der Waals surface area contributed by atoms with Crippen LogP contribution in [0, 0.1) is 5.92 Å². The number of nitrogens with zero attached hydrogens (tertiary/aromatic N) is 1. The predicted molar refractivity (Wildman–Crippen MR) is 67.2 cm³/mol. The van der Waals surface area contributed by atoms with Gasteiger partial charge in [0.05, 0.1) is 0 Å². The van der Waals surface area contributed by atoms with E-state index in [1.54, 1.807) is 0 Å². The summed E-state index contributed by atoms with van der Waals surface area (Å²) in [5, 5.41) is 3.70. The van der Waals surface area contributed by atoms with Crippen molar-refractivity contribution in [3.8, 4) is 0 Å². The third-order valence-electron chi connectivity index (χ3n) is 3.77. The summed E-state index contributed by atoms with van der Waals surface area (Å²) in [6.45, 7) is 11.6. The molecule has 0 unspecified atom stereocenters. The summed E-state index contributed by atoms with van der Waals surface area (Å²) in [6.07, 6.45) is 5.62. The fourth-order valence-corrected chi connectivity index (χ4v) is 2.43. The lowest BCUT2D eigenvalue weighted by Crippen LogP contribution is -2.38. The molecule has 2 heteroatoms. The number of hydrogen-bond donors (Lipinski definition) is 1. The van der Waals surface area contributed by atoms with Gasteiger partial charge in [-0.15, -0.1) is 0 Å². The summed E-state index contributed by atoms with van der Waals surface area (Å²) in [7, 11) is 0. The van der Waals surface area contributed by atoms with Crippen molar-refractivity contribution in [2.24, 2.45) is 5.92 Å². The molecule has 0 aromatic carbocycles. The highest BCUT2D eigenvalue weighted by Crippen LogP contribution is 2.23. The Morgan fingerprint density at radius 2 is 1.67 bits per heavy atom.